The van der Waals surface area contributed by atoms with Crippen molar-refractivity contribution in [2.75, 3.05) is 30.6 Å². The van der Waals surface area contributed by atoms with Crippen molar-refractivity contribution in [2.24, 2.45) is 0 Å². The average Bonchev–Trinajstić information content (AvgIpc) is 3.31. The van der Waals surface area contributed by atoms with Gasteiger partial charge in [0, 0.05) is 42.1 Å². The predicted molar refractivity (Wildman–Crippen MR) is 251 cm³/mol. The van der Waals surface area contributed by atoms with Crippen molar-refractivity contribution in [3.63, 3.8) is 0 Å². The van der Waals surface area contributed by atoms with Crippen molar-refractivity contribution < 1.29 is 41.1 Å². The van der Waals surface area contributed by atoms with Gasteiger partial charge in [-0.15, -0.1) is 0 Å². The van der Waals surface area contributed by atoms with Gasteiger partial charge in [-0.3, -0.25) is 30.3 Å². The zero-order valence-electron chi connectivity index (χ0n) is 35.5. The van der Waals surface area contributed by atoms with Crippen LogP contribution in [0.1, 0.15) is 11.4 Å². The smallest absolute Gasteiger partial charge is 0.275 e. The van der Waals surface area contributed by atoms with E-state index in [1.807, 2.05) is 0 Å². The van der Waals surface area contributed by atoms with Crippen molar-refractivity contribution in [3.05, 3.63) is 175 Å². The molecule has 0 atom stereocenters. The highest BCUT2D eigenvalue weighted by Gasteiger charge is 2.24. The number of nitrogen functional groups attached to an aromatic ring is 1. The minimum atomic E-state index is -4.07. The maximum Gasteiger partial charge on any atom is 0.275 e. The Balaban J connectivity index is 0.000000202. The van der Waals surface area contributed by atoms with Gasteiger partial charge in [-0.25, -0.2) is 36.8 Å². The van der Waals surface area contributed by atoms with Crippen molar-refractivity contribution in [3.8, 4) is 11.5 Å². The van der Waals surface area contributed by atoms with Crippen LogP contribution in [-0.4, -0.2) is 65.8 Å². The lowest BCUT2D eigenvalue weighted by Gasteiger charge is -2.13. The molecule has 0 aliphatic rings. The molecule has 0 spiro atoms. The molecule has 0 amide bonds. The number of non-ortho nitro benzene ring substituents is 3. The quantitative estimate of drug-likeness (QED) is 0.0497. The lowest BCUT2D eigenvalue weighted by Crippen LogP contribution is -2.11. The van der Waals surface area contributed by atoms with Gasteiger partial charge in [-0.1, -0.05) is 36.4 Å². The van der Waals surface area contributed by atoms with E-state index in [1.165, 1.54) is 74.9 Å². The lowest BCUT2D eigenvalue weighted by atomic mass is 10.2. The molecular weight excluding hydrogens is 925 g/mol. The second-order valence-corrected chi connectivity index (χ2v) is 18.4. The molecule has 346 valence electrons. The number of benzene rings is 6. The summed E-state index contributed by atoms with van der Waals surface area (Å²) in [6.45, 7) is 0. The molecule has 0 unspecified atom stereocenters. The van der Waals surface area contributed by atoms with Crippen LogP contribution in [0, 0.1) is 30.3 Å². The first-order valence-electron chi connectivity index (χ1n) is 19.7. The van der Waals surface area contributed by atoms with E-state index in [1.54, 1.807) is 66.7 Å². The number of nitrogens with zero attached hydrogens (tertiary/aromatic N) is 7. The highest BCUT2D eigenvalue weighted by Crippen LogP contribution is 2.33. The summed E-state index contributed by atoms with van der Waals surface area (Å²) in [4.78, 5) is 49.6. The van der Waals surface area contributed by atoms with Crippen LogP contribution in [0.2, 0.25) is 0 Å². The van der Waals surface area contributed by atoms with Gasteiger partial charge in [-0.05, 0) is 48.5 Å². The molecular formula is C44H36N10O12S2. The third kappa shape index (κ3) is 11.1. The second kappa shape index (κ2) is 19.7. The normalized spacial score (nSPS) is 11.3. The van der Waals surface area contributed by atoms with Gasteiger partial charge in [0.15, 0.2) is 31.3 Å². The van der Waals surface area contributed by atoms with Crippen LogP contribution in [0.3, 0.4) is 0 Å². The number of ether oxygens (including phenoxy) is 2. The molecule has 0 saturated carbocycles. The number of nitrogens with two attached hydrogens (primary N) is 1. The molecule has 22 nitrogen and oxygen atoms in total. The molecule has 8 aromatic rings. The van der Waals surface area contributed by atoms with Crippen LogP contribution in [0.4, 0.5) is 45.8 Å². The number of para-hydroxylation sites is 4. The van der Waals surface area contributed by atoms with Gasteiger partial charge in [0.25, 0.3) is 17.1 Å². The third-order valence-electron chi connectivity index (χ3n) is 9.74. The molecule has 0 fully saturated rings. The van der Waals surface area contributed by atoms with Crippen LogP contribution >= 0.6 is 0 Å². The van der Waals surface area contributed by atoms with Gasteiger partial charge in [0.05, 0.1) is 95.7 Å². The van der Waals surface area contributed by atoms with E-state index in [4.69, 9.17) is 15.2 Å². The standard InChI is InChI=1S/C22H17N5O7S.C22H19N5O5S/c1-34-17-10-14(9-16(11-17)27(30)31)23-22-21(24-19-7-2-3-8-20(19)25-22)13-35(32,33)18-6-4-5-15(12-18)26(28)29;1-32-17-11-15(10-16(12-17)27(28)29)24-22-21(25-19-7-2-3-8-20(19)26-22)13-33(30,31)18-6-4-5-14(23)9-18/h2-12H,13H2,1H3,(H,23,25);2-12H,13,23H2,1H3,(H,24,26). The monoisotopic (exact) mass is 960 g/mol. The zero-order valence-corrected chi connectivity index (χ0v) is 37.2. The number of sulfone groups is 2. The molecule has 6 aromatic carbocycles. The van der Waals surface area contributed by atoms with Crippen LogP contribution in [0.5, 0.6) is 11.5 Å². The number of nitrogens with one attached hydrogen (secondary N) is 2. The molecule has 0 bridgehead atoms. The molecule has 0 radical (unpaired) electrons. The summed E-state index contributed by atoms with van der Waals surface area (Å²) >= 11 is 0. The van der Waals surface area contributed by atoms with Crippen LogP contribution < -0.4 is 25.8 Å². The van der Waals surface area contributed by atoms with Crippen molar-refractivity contribution in [2.45, 2.75) is 21.3 Å². The topological polar surface area (TPSA) is 318 Å². The number of rotatable bonds is 15. The van der Waals surface area contributed by atoms with Crippen molar-refractivity contribution in [1.29, 1.82) is 0 Å². The fourth-order valence-electron chi connectivity index (χ4n) is 6.53. The number of nitro benzene ring substituents is 3. The van der Waals surface area contributed by atoms with E-state index in [2.05, 4.69) is 30.6 Å². The fourth-order valence-corrected chi connectivity index (χ4v) is 9.17. The molecule has 4 N–H and O–H groups in total. The Morgan fingerprint density at radius 2 is 0.897 bits per heavy atom. The molecule has 8 rings (SSSR count). The minimum absolute atomic E-state index is 0.0284. The second-order valence-electron chi connectivity index (χ2n) is 14.5. The Morgan fingerprint density at radius 1 is 0.500 bits per heavy atom. The Labute approximate surface area is 385 Å². The van der Waals surface area contributed by atoms with Gasteiger partial charge >= 0.3 is 0 Å². The van der Waals surface area contributed by atoms with Crippen LogP contribution in [-0.2, 0) is 31.2 Å². The number of aromatic nitrogens is 4. The number of hydrogen-bond donors (Lipinski definition) is 3. The van der Waals surface area contributed by atoms with E-state index in [-0.39, 0.29) is 67.1 Å². The van der Waals surface area contributed by atoms with Gasteiger partial charge in [-0.2, -0.15) is 0 Å². The zero-order chi connectivity index (χ0) is 48.8. The van der Waals surface area contributed by atoms with Gasteiger partial charge < -0.3 is 25.8 Å². The Kier molecular flexibility index (Phi) is 13.6. The predicted octanol–water partition coefficient (Wildman–Crippen LogP) is 8.02. The fraction of sp³-hybridized carbons (Fsp3) is 0.0909. The molecule has 68 heavy (non-hydrogen) atoms. The first-order chi connectivity index (χ1) is 32.4. The maximum absolute atomic E-state index is 13.1. The largest absolute Gasteiger partial charge is 0.496 e. The van der Waals surface area contributed by atoms with Gasteiger partial charge in [0.1, 0.15) is 23.0 Å². The number of anilines is 5. The lowest BCUT2D eigenvalue weighted by molar-refractivity contribution is -0.385. The van der Waals surface area contributed by atoms with Gasteiger partial charge in [0.2, 0.25) is 0 Å². The molecule has 2 heterocycles. The molecule has 0 saturated heterocycles. The Morgan fingerprint density at radius 3 is 1.29 bits per heavy atom. The minimum Gasteiger partial charge on any atom is -0.496 e. The maximum atomic E-state index is 13.1. The summed E-state index contributed by atoms with van der Waals surface area (Å²) in [5.74, 6) is -0.400. The number of nitro groups is 3. The van der Waals surface area contributed by atoms with Crippen molar-refractivity contribution in [1.82, 2.24) is 19.9 Å². The van der Waals surface area contributed by atoms with E-state index in [9.17, 15) is 47.2 Å². The van der Waals surface area contributed by atoms with E-state index >= 15 is 0 Å². The first kappa shape index (κ1) is 47.1. The number of hydrogen-bond acceptors (Lipinski definition) is 19. The van der Waals surface area contributed by atoms with E-state index < -0.39 is 46.0 Å². The van der Waals surface area contributed by atoms with Crippen LogP contribution in [0.25, 0.3) is 22.1 Å². The summed E-state index contributed by atoms with van der Waals surface area (Å²) in [6.07, 6.45) is 0. The summed E-state index contributed by atoms with van der Waals surface area (Å²) in [5, 5.41) is 39.6. The summed E-state index contributed by atoms with van der Waals surface area (Å²) < 4.78 is 62.7. The Hall–Kier alpha value is -8.90. The Bertz CT molecular complexity index is 3510. The summed E-state index contributed by atoms with van der Waals surface area (Å²) in [7, 11) is -5.13. The highest BCUT2D eigenvalue weighted by molar-refractivity contribution is 7.91. The van der Waals surface area contributed by atoms with Crippen molar-refractivity contribution >= 4 is 87.5 Å². The highest BCUT2D eigenvalue weighted by atomic mass is 32.2. The molecule has 0 aliphatic carbocycles. The molecule has 2 aromatic heterocycles. The number of fused-ring (bicyclic) bond motifs is 2. The summed E-state index contributed by atoms with van der Waals surface area (Å²) in [5.41, 5.74) is 7.92. The number of methoxy groups -OCH3 is 2. The average molecular weight is 961 g/mol. The third-order valence-corrected chi connectivity index (χ3v) is 13.0. The molecule has 24 heteroatoms. The van der Waals surface area contributed by atoms with Crippen LogP contribution in [0.15, 0.2) is 143 Å². The molecule has 0 aliphatic heterocycles. The van der Waals surface area contributed by atoms with E-state index in [0.717, 1.165) is 6.07 Å². The summed E-state index contributed by atoms with van der Waals surface area (Å²) in [6, 6.07) is 32.6. The van der Waals surface area contributed by atoms with E-state index in [0.29, 0.717) is 33.4 Å². The SMILES string of the molecule is COc1cc(Nc2nc3ccccc3nc2CS(=O)(=O)c2cccc(N)c2)cc([N+](=O)[O-])c1.COc1cc(Nc2nc3ccccc3nc2CS(=O)(=O)c2cccc([N+](=O)[O-])c2)cc([N+](=O)[O-])c1. The first-order valence-corrected chi connectivity index (χ1v) is 23.0.